The third-order valence-corrected chi connectivity index (χ3v) is 2.35. The highest BCUT2D eigenvalue weighted by Gasteiger charge is 2.22. The Kier molecular flexibility index (Phi) is 2.13. The number of imidazole rings is 1. The minimum absolute atomic E-state index is 0.719. The van der Waals surface area contributed by atoms with E-state index in [-0.39, 0.29) is 0 Å². The van der Waals surface area contributed by atoms with E-state index in [2.05, 4.69) is 9.55 Å². The molecule has 0 unspecified atom stereocenters. The van der Waals surface area contributed by atoms with Crippen molar-refractivity contribution in [3.63, 3.8) is 0 Å². The van der Waals surface area contributed by atoms with Gasteiger partial charge in [0, 0.05) is 24.9 Å². The smallest absolute Gasteiger partial charge is 0.0948 e. The van der Waals surface area contributed by atoms with E-state index in [1.54, 1.807) is 0 Å². The fourth-order valence-corrected chi connectivity index (χ4v) is 1.45. The Morgan fingerprint density at radius 3 is 3.08 bits per heavy atom. The van der Waals surface area contributed by atoms with Gasteiger partial charge in [-0.1, -0.05) is 0 Å². The average molecular weight is 165 g/mol. The summed E-state index contributed by atoms with van der Waals surface area (Å²) < 4.78 is 2.24. The molecular formula is C9H15N3. The van der Waals surface area contributed by atoms with Crippen LogP contribution >= 0.6 is 0 Å². The molecular weight excluding hydrogens is 150 g/mol. The summed E-state index contributed by atoms with van der Waals surface area (Å²) >= 11 is 0. The van der Waals surface area contributed by atoms with Crippen molar-refractivity contribution in [2.24, 2.45) is 11.7 Å². The van der Waals surface area contributed by atoms with Crippen molar-refractivity contribution in [1.82, 2.24) is 9.55 Å². The molecule has 1 saturated carbocycles. The van der Waals surface area contributed by atoms with Crippen LogP contribution in [0.1, 0.15) is 18.5 Å². The maximum Gasteiger partial charge on any atom is 0.0948 e. The van der Waals surface area contributed by atoms with E-state index in [0.29, 0.717) is 0 Å². The van der Waals surface area contributed by atoms with Crippen molar-refractivity contribution in [3.05, 3.63) is 18.2 Å². The van der Waals surface area contributed by atoms with Gasteiger partial charge in [0.1, 0.15) is 0 Å². The fourth-order valence-electron chi connectivity index (χ4n) is 1.45. The molecule has 0 atom stereocenters. The molecule has 2 rings (SSSR count). The number of nitrogens with zero attached hydrogens (tertiary/aromatic N) is 2. The first-order valence-electron chi connectivity index (χ1n) is 4.59. The lowest BCUT2D eigenvalue weighted by Crippen LogP contribution is -2.09. The summed E-state index contributed by atoms with van der Waals surface area (Å²) in [5.74, 6) is 0.913. The van der Waals surface area contributed by atoms with Gasteiger partial charge < -0.3 is 10.3 Å². The molecule has 0 amide bonds. The number of aromatic nitrogens is 2. The van der Waals surface area contributed by atoms with Gasteiger partial charge in [-0.3, -0.25) is 0 Å². The number of hydrogen-bond acceptors (Lipinski definition) is 2. The van der Waals surface area contributed by atoms with Crippen LogP contribution in [0.25, 0.3) is 0 Å². The van der Waals surface area contributed by atoms with E-state index < -0.39 is 0 Å². The Morgan fingerprint density at radius 2 is 2.42 bits per heavy atom. The van der Waals surface area contributed by atoms with E-state index in [4.69, 9.17) is 5.73 Å². The second-order valence-corrected chi connectivity index (χ2v) is 3.52. The summed E-state index contributed by atoms with van der Waals surface area (Å²) in [7, 11) is 0. The molecule has 0 radical (unpaired) electrons. The van der Waals surface area contributed by atoms with Crippen LogP contribution in [0.15, 0.2) is 12.5 Å². The molecule has 0 bridgehead atoms. The molecule has 0 aromatic carbocycles. The number of rotatable bonds is 4. The molecule has 1 aromatic rings. The van der Waals surface area contributed by atoms with Crippen molar-refractivity contribution in [2.45, 2.75) is 25.8 Å². The molecule has 3 nitrogen and oxygen atoms in total. The van der Waals surface area contributed by atoms with Gasteiger partial charge in [0.05, 0.1) is 6.33 Å². The SMILES string of the molecule is NCCc1cncn1CC1CC1. The second kappa shape index (κ2) is 3.27. The molecule has 1 heterocycles. The Morgan fingerprint density at radius 1 is 1.58 bits per heavy atom. The summed E-state index contributed by atoms with van der Waals surface area (Å²) in [6.07, 6.45) is 7.58. The normalized spacial score (nSPS) is 16.8. The Bertz CT molecular complexity index is 250. The van der Waals surface area contributed by atoms with Gasteiger partial charge >= 0.3 is 0 Å². The Labute approximate surface area is 72.6 Å². The lowest BCUT2D eigenvalue weighted by atomic mass is 10.3. The van der Waals surface area contributed by atoms with Crippen LogP contribution in [0.3, 0.4) is 0 Å². The minimum Gasteiger partial charge on any atom is -0.334 e. The van der Waals surface area contributed by atoms with Crippen LogP contribution in [0, 0.1) is 5.92 Å². The highest BCUT2D eigenvalue weighted by Crippen LogP contribution is 2.30. The molecule has 66 valence electrons. The van der Waals surface area contributed by atoms with Crippen LogP contribution in [-0.4, -0.2) is 16.1 Å². The van der Waals surface area contributed by atoms with Crippen LogP contribution in [-0.2, 0) is 13.0 Å². The van der Waals surface area contributed by atoms with E-state index in [0.717, 1.165) is 25.4 Å². The molecule has 1 aliphatic rings. The van der Waals surface area contributed by atoms with E-state index in [1.807, 2.05) is 12.5 Å². The molecule has 0 spiro atoms. The van der Waals surface area contributed by atoms with E-state index >= 15 is 0 Å². The van der Waals surface area contributed by atoms with E-state index in [9.17, 15) is 0 Å². The minimum atomic E-state index is 0.719. The van der Waals surface area contributed by atoms with Gasteiger partial charge in [-0.05, 0) is 25.3 Å². The summed E-state index contributed by atoms with van der Waals surface area (Å²) in [4.78, 5) is 4.13. The molecule has 3 heteroatoms. The molecule has 2 N–H and O–H groups in total. The van der Waals surface area contributed by atoms with Gasteiger partial charge in [0.15, 0.2) is 0 Å². The second-order valence-electron chi connectivity index (χ2n) is 3.52. The van der Waals surface area contributed by atoms with Crippen molar-refractivity contribution in [2.75, 3.05) is 6.54 Å². The number of hydrogen-bond donors (Lipinski definition) is 1. The first-order chi connectivity index (χ1) is 5.90. The van der Waals surface area contributed by atoms with Crippen LogP contribution in [0.2, 0.25) is 0 Å². The van der Waals surface area contributed by atoms with E-state index in [1.165, 1.54) is 18.5 Å². The predicted octanol–water partition coefficient (Wildman–Crippen LogP) is 0.794. The lowest BCUT2D eigenvalue weighted by Gasteiger charge is -2.04. The zero-order chi connectivity index (χ0) is 8.39. The van der Waals surface area contributed by atoms with Crippen LogP contribution in [0.5, 0.6) is 0 Å². The molecule has 1 fully saturated rings. The topological polar surface area (TPSA) is 43.8 Å². The monoisotopic (exact) mass is 165 g/mol. The summed E-state index contributed by atoms with van der Waals surface area (Å²) in [6, 6.07) is 0. The van der Waals surface area contributed by atoms with Crippen molar-refractivity contribution >= 4 is 0 Å². The summed E-state index contributed by atoms with van der Waals surface area (Å²) in [5.41, 5.74) is 6.78. The van der Waals surface area contributed by atoms with Crippen LogP contribution < -0.4 is 5.73 Å². The first kappa shape index (κ1) is 7.80. The first-order valence-corrected chi connectivity index (χ1v) is 4.59. The zero-order valence-electron chi connectivity index (χ0n) is 7.24. The van der Waals surface area contributed by atoms with Crippen molar-refractivity contribution in [1.29, 1.82) is 0 Å². The third kappa shape index (κ3) is 1.67. The van der Waals surface area contributed by atoms with Gasteiger partial charge in [0.25, 0.3) is 0 Å². The quantitative estimate of drug-likeness (QED) is 0.717. The molecule has 0 saturated heterocycles. The third-order valence-electron chi connectivity index (χ3n) is 2.35. The zero-order valence-corrected chi connectivity index (χ0v) is 7.24. The maximum absolute atomic E-state index is 5.49. The van der Waals surface area contributed by atoms with Crippen molar-refractivity contribution < 1.29 is 0 Å². The molecule has 1 aromatic heterocycles. The van der Waals surface area contributed by atoms with Gasteiger partial charge in [-0.25, -0.2) is 4.98 Å². The average Bonchev–Trinajstić information content (AvgIpc) is 2.76. The largest absolute Gasteiger partial charge is 0.334 e. The summed E-state index contributed by atoms with van der Waals surface area (Å²) in [6.45, 7) is 1.87. The fraction of sp³-hybridized carbons (Fsp3) is 0.667. The number of nitrogens with two attached hydrogens (primary N) is 1. The van der Waals surface area contributed by atoms with Gasteiger partial charge in [0.2, 0.25) is 0 Å². The molecule has 1 aliphatic carbocycles. The highest BCUT2D eigenvalue weighted by molar-refractivity contribution is 4.99. The highest BCUT2D eigenvalue weighted by atomic mass is 15.0. The Balaban J connectivity index is 2.01. The van der Waals surface area contributed by atoms with Crippen LogP contribution in [0.4, 0.5) is 0 Å². The summed E-state index contributed by atoms with van der Waals surface area (Å²) in [5, 5.41) is 0. The molecule has 12 heavy (non-hydrogen) atoms. The van der Waals surface area contributed by atoms with Gasteiger partial charge in [-0.2, -0.15) is 0 Å². The standard InChI is InChI=1S/C9H15N3/c10-4-3-9-5-11-7-12(9)6-8-1-2-8/h5,7-8H,1-4,6,10H2. The lowest BCUT2D eigenvalue weighted by molar-refractivity contribution is 0.600. The van der Waals surface area contributed by atoms with Crippen molar-refractivity contribution in [3.8, 4) is 0 Å². The predicted molar refractivity (Wildman–Crippen MR) is 47.7 cm³/mol. The molecule has 0 aliphatic heterocycles. The Hall–Kier alpha value is -0.830. The maximum atomic E-state index is 5.49. The van der Waals surface area contributed by atoms with Gasteiger partial charge in [-0.15, -0.1) is 0 Å².